The predicted molar refractivity (Wildman–Crippen MR) is 99.5 cm³/mol. The van der Waals surface area contributed by atoms with Crippen LogP contribution >= 0.6 is 11.3 Å². The van der Waals surface area contributed by atoms with Crippen molar-refractivity contribution >= 4 is 34.8 Å². The second kappa shape index (κ2) is 7.70. The van der Waals surface area contributed by atoms with E-state index >= 15 is 0 Å². The van der Waals surface area contributed by atoms with Crippen molar-refractivity contribution in [1.29, 1.82) is 0 Å². The van der Waals surface area contributed by atoms with E-state index in [0.717, 1.165) is 6.42 Å². The van der Waals surface area contributed by atoms with Gasteiger partial charge in [0.2, 0.25) is 5.91 Å². The Hall–Kier alpha value is -2.67. The summed E-state index contributed by atoms with van der Waals surface area (Å²) in [6.07, 6.45) is 1.43. The molecule has 7 heteroatoms. The number of benzene rings is 1. The van der Waals surface area contributed by atoms with Crippen LogP contribution < -0.4 is 5.32 Å². The number of carbonyl (C=O) groups is 3. The molecule has 2 N–H and O–H groups in total. The van der Waals surface area contributed by atoms with Gasteiger partial charge in [-0.1, -0.05) is 18.2 Å². The predicted octanol–water partition coefficient (Wildman–Crippen LogP) is 3.18. The number of thiophene rings is 1. The SMILES string of the molecule is CC(C(=O)O)c1ccc(NC(=O)C2CCCN2C(=O)c2cccs2)cc1. The number of nitrogens with zero attached hydrogens (tertiary/aromatic N) is 1. The van der Waals surface area contributed by atoms with Crippen molar-refractivity contribution in [2.45, 2.75) is 31.7 Å². The zero-order chi connectivity index (χ0) is 18.7. The van der Waals surface area contributed by atoms with Gasteiger partial charge in [-0.2, -0.15) is 0 Å². The Labute approximate surface area is 155 Å². The van der Waals surface area contributed by atoms with E-state index in [-0.39, 0.29) is 11.8 Å². The highest BCUT2D eigenvalue weighted by Crippen LogP contribution is 2.24. The molecule has 0 bridgehead atoms. The molecule has 1 aromatic carbocycles. The van der Waals surface area contributed by atoms with Gasteiger partial charge in [0.05, 0.1) is 10.8 Å². The average Bonchev–Trinajstić information content (AvgIpc) is 3.32. The maximum atomic E-state index is 12.6. The minimum atomic E-state index is -0.893. The summed E-state index contributed by atoms with van der Waals surface area (Å²) in [7, 11) is 0. The van der Waals surface area contributed by atoms with Gasteiger partial charge in [0, 0.05) is 12.2 Å². The lowest BCUT2D eigenvalue weighted by atomic mass is 10.0. The molecule has 3 rings (SSSR count). The largest absolute Gasteiger partial charge is 0.481 e. The summed E-state index contributed by atoms with van der Waals surface area (Å²) in [5, 5.41) is 13.7. The fourth-order valence-corrected chi connectivity index (χ4v) is 3.73. The molecule has 26 heavy (non-hydrogen) atoms. The van der Waals surface area contributed by atoms with Crippen LogP contribution in [0, 0.1) is 0 Å². The monoisotopic (exact) mass is 372 g/mol. The molecular weight excluding hydrogens is 352 g/mol. The Morgan fingerprint density at radius 3 is 2.58 bits per heavy atom. The summed E-state index contributed by atoms with van der Waals surface area (Å²) < 4.78 is 0. The highest BCUT2D eigenvalue weighted by atomic mass is 32.1. The molecule has 0 saturated carbocycles. The van der Waals surface area contributed by atoms with Gasteiger partial charge in [-0.05, 0) is 48.9 Å². The van der Waals surface area contributed by atoms with Gasteiger partial charge in [0.1, 0.15) is 6.04 Å². The maximum absolute atomic E-state index is 12.6. The van der Waals surface area contributed by atoms with E-state index in [1.165, 1.54) is 11.3 Å². The van der Waals surface area contributed by atoms with Gasteiger partial charge in [-0.15, -0.1) is 11.3 Å². The Morgan fingerprint density at radius 1 is 1.23 bits per heavy atom. The van der Waals surface area contributed by atoms with Gasteiger partial charge in [0.25, 0.3) is 5.91 Å². The number of anilines is 1. The lowest BCUT2D eigenvalue weighted by Gasteiger charge is -2.23. The average molecular weight is 372 g/mol. The van der Waals surface area contributed by atoms with E-state index in [9.17, 15) is 14.4 Å². The minimum absolute atomic E-state index is 0.108. The van der Waals surface area contributed by atoms with Crippen LogP contribution in [0.15, 0.2) is 41.8 Å². The number of carbonyl (C=O) groups excluding carboxylic acids is 2. The number of carboxylic acid groups (broad SMARTS) is 1. The standard InChI is InChI=1S/C19H20N2O4S/c1-12(19(24)25)13-6-8-14(9-7-13)20-17(22)15-4-2-10-21(15)18(23)16-5-3-11-26-16/h3,5-9,11-12,15H,2,4,10H2,1H3,(H,20,22)(H,24,25). The molecule has 136 valence electrons. The molecule has 2 atom stereocenters. The number of amides is 2. The third kappa shape index (κ3) is 3.77. The van der Waals surface area contributed by atoms with Crippen molar-refractivity contribution in [3.8, 4) is 0 Å². The van der Waals surface area contributed by atoms with Crippen molar-refractivity contribution in [3.05, 3.63) is 52.2 Å². The molecule has 2 amide bonds. The summed E-state index contributed by atoms with van der Waals surface area (Å²) in [5.41, 5.74) is 1.26. The van der Waals surface area contributed by atoms with Crippen molar-refractivity contribution in [3.63, 3.8) is 0 Å². The Balaban J connectivity index is 1.67. The molecule has 2 heterocycles. The first-order chi connectivity index (χ1) is 12.5. The topological polar surface area (TPSA) is 86.7 Å². The lowest BCUT2D eigenvalue weighted by Crippen LogP contribution is -2.42. The first kappa shape index (κ1) is 18.1. The highest BCUT2D eigenvalue weighted by Gasteiger charge is 2.34. The van der Waals surface area contributed by atoms with Crippen LogP contribution in [0.2, 0.25) is 0 Å². The van der Waals surface area contributed by atoms with E-state index in [4.69, 9.17) is 5.11 Å². The van der Waals surface area contributed by atoms with Gasteiger partial charge < -0.3 is 15.3 Å². The first-order valence-electron chi connectivity index (χ1n) is 8.45. The highest BCUT2D eigenvalue weighted by molar-refractivity contribution is 7.12. The fourth-order valence-electron chi connectivity index (χ4n) is 3.05. The van der Waals surface area contributed by atoms with E-state index in [0.29, 0.717) is 29.1 Å². The van der Waals surface area contributed by atoms with E-state index in [1.54, 1.807) is 42.2 Å². The first-order valence-corrected chi connectivity index (χ1v) is 9.33. The molecule has 6 nitrogen and oxygen atoms in total. The fraction of sp³-hybridized carbons (Fsp3) is 0.316. The van der Waals surface area contributed by atoms with Crippen molar-refractivity contribution in [2.24, 2.45) is 0 Å². The molecule has 1 aliphatic rings. The Morgan fingerprint density at radius 2 is 1.96 bits per heavy atom. The number of hydrogen-bond acceptors (Lipinski definition) is 4. The zero-order valence-corrected chi connectivity index (χ0v) is 15.2. The molecule has 2 aromatic rings. The van der Waals surface area contributed by atoms with E-state index < -0.39 is 17.9 Å². The molecular formula is C19H20N2O4S. The van der Waals surface area contributed by atoms with E-state index in [2.05, 4.69) is 5.32 Å². The lowest BCUT2D eigenvalue weighted by molar-refractivity contribution is -0.138. The minimum Gasteiger partial charge on any atom is -0.481 e. The third-order valence-corrected chi connectivity index (χ3v) is 5.45. The van der Waals surface area contributed by atoms with Crippen molar-refractivity contribution in [1.82, 2.24) is 4.90 Å². The number of nitrogens with one attached hydrogen (secondary N) is 1. The molecule has 1 saturated heterocycles. The van der Waals surface area contributed by atoms with Crippen molar-refractivity contribution < 1.29 is 19.5 Å². The second-order valence-electron chi connectivity index (χ2n) is 6.31. The second-order valence-corrected chi connectivity index (χ2v) is 7.25. The number of likely N-dealkylation sites (tertiary alicyclic amines) is 1. The summed E-state index contributed by atoms with van der Waals surface area (Å²) in [6.45, 7) is 2.19. The molecule has 1 fully saturated rings. The number of rotatable bonds is 5. The van der Waals surface area contributed by atoms with Crippen LogP contribution in [0.5, 0.6) is 0 Å². The smallest absolute Gasteiger partial charge is 0.310 e. The summed E-state index contributed by atoms with van der Waals surface area (Å²) in [6, 6.07) is 9.86. The Bertz CT molecular complexity index is 801. The van der Waals surface area contributed by atoms with Crippen LogP contribution in [0.1, 0.15) is 40.9 Å². The summed E-state index contributed by atoms with van der Waals surface area (Å²) in [5.74, 6) is -1.82. The maximum Gasteiger partial charge on any atom is 0.310 e. The third-order valence-electron chi connectivity index (χ3n) is 4.60. The number of carboxylic acids is 1. The van der Waals surface area contributed by atoms with Crippen LogP contribution in [0.25, 0.3) is 0 Å². The number of hydrogen-bond donors (Lipinski definition) is 2. The Kier molecular flexibility index (Phi) is 5.37. The van der Waals surface area contributed by atoms with Crippen LogP contribution in [-0.2, 0) is 9.59 Å². The van der Waals surface area contributed by atoms with Gasteiger partial charge in [-0.25, -0.2) is 0 Å². The zero-order valence-electron chi connectivity index (χ0n) is 14.3. The summed E-state index contributed by atoms with van der Waals surface area (Å²) in [4.78, 5) is 38.5. The molecule has 1 aliphatic heterocycles. The van der Waals surface area contributed by atoms with Crippen LogP contribution in [0.3, 0.4) is 0 Å². The molecule has 2 unspecified atom stereocenters. The molecule has 0 aliphatic carbocycles. The normalized spacial score (nSPS) is 17.7. The van der Waals surface area contributed by atoms with Crippen LogP contribution in [-0.4, -0.2) is 40.4 Å². The van der Waals surface area contributed by atoms with Gasteiger partial charge in [-0.3, -0.25) is 14.4 Å². The van der Waals surface area contributed by atoms with Gasteiger partial charge in [0.15, 0.2) is 0 Å². The molecule has 1 aromatic heterocycles. The van der Waals surface area contributed by atoms with E-state index in [1.807, 2.05) is 11.4 Å². The van der Waals surface area contributed by atoms with Crippen molar-refractivity contribution in [2.75, 3.05) is 11.9 Å². The van der Waals surface area contributed by atoms with Crippen LogP contribution in [0.4, 0.5) is 5.69 Å². The summed E-state index contributed by atoms with van der Waals surface area (Å²) >= 11 is 1.37. The molecule has 0 spiro atoms. The number of aliphatic carboxylic acids is 1. The quantitative estimate of drug-likeness (QED) is 0.844. The molecule has 0 radical (unpaired) electrons. The van der Waals surface area contributed by atoms with Gasteiger partial charge >= 0.3 is 5.97 Å².